The fourth-order valence-electron chi connectivity index (χ4n) is 2.32. The molecule has 0 radical (unpaired) electrons. The summed E-state index contributed by atoms with van der Waals surface area (Å²) in [5, 5.41) is 11.7. The first-order valence-corrected chi connectivity index (χ1v) is 6.47. The lowest BCUT2D eigenvalue weighted by Gasteiger charge is -2.08. The quantitative estimate of drug-likeness (QED) is 0.734. The van der Waals surface area contributed by atoms with Crippen molar-refractivity contribution in [1.82, 2.24) is 20.2 Å². The maximum Gasteiger partial charge on any atom is 0.189 e. The molecule has 0 unspecified atom stereocenters. The first kappa shape index (κ1) is 13.2. The molecule has 0 saturated carbocycles. The number of halogens is 1. The van der Waals surface area contributed by atoms with Gasteiger partial charge in [-0.2, -0.15) is 4.68 Å². The molecule has 3 aromatic rings. The highest BCUT2D eigenvalue weighted by Crippen LogP contribution is 2.26. The van der Waals surface area contributed by atoms with E-state index in [4.69, 9.17) is 5.73 Å². The Bertz CT molecular complexity index is 789. The summed E-state index contributed by atoms with van der Waals surface area (Å²) >= 11 is 0. The molecule has 1 heterocycles. The third kappa shape index (κ3) is 2.47. The van der Waals surface area contributed by atoms with Crippen LogP contribution in [0.2, 0.25) is 0 Å². The second-order valence-electron chi connectivity index (χ2n) is 4.99. The maximum absolute atomic E-state index is 13.5. The van der Waals surface area contributed by atoms with Crippen LogP contribution in [0.25, 0.3) is 17.1 Å². The van der Waals surface area contributed by atoms with Crippen molar-refractivity contribution in [1.29, 1.82) is 0 Å². The number of benzene rings is 2. The molecule has 2 aromatic carbocycles. The van der Waals surface area contributed by atoms with Crippen molar-refractivity contribution in [3.05, 3.63) is 53.3 Å². The van der Waals surface area contributed by atoms with Gasteiger partial charge in [-0.15, -0.1) is 5.10 Å². The molecule has 0 atom stereocenters. The minimum absolute atomic E-state index is 0.380. The first-order valence-electron chi connectivity index (χ1n) is 6.47. The minimum atomic E-state index is -0.380. The van der Waals surface area contributed by atoms with E-state index >= 15 is 0 Å². The highest BCUT2D eigenvalue weighted by molar-refractivity contribution is 5.72. The number of hydrogen-bond donors (Lipinski definition) is 1. The largest absolute Gasteiger partial charge is 0.398 e. The zero-order valence-corrected chi connectivity index (χ0v) is 11.7. The van der Waals surface area contributed by atoms with Crippen LogP contribution in [-0.4, -0.2) is 20.2 Å². The lowest BCUT2D eigenvalue weighted by molar-refractivity contribution is 0.628. The molecule has 3 rings (SSSR count). The van der Waals surface area contributed by atoms with Gasteiger partial charge in [-0.3, -0.25) is 0 Å². The molecular weight excluding hydrogens is 269 g/mol. The van der Waals surface area contributed by atoms with Gasteiger partial charge in [0.25, 0.3) is 0 Å². The Hall–Kier alpha value is -2.76. The summed E-state index contributed by atoms with van der Waals surface area (Å²) in [4.78, 5) is 0. The smallest absolute Gasteiger partial charge is 0.189 e. The summed E-state index contributed by atoms with van der Waals surface area (Å²) in [7, 11) is 0. The van der Waals surface area contributed by atoms with E-state index in [0.717, 1.165) is 16.8 Å². The highest BCUT2D eigenvalue weighted by Gasteiger charge is 2.14. The number of aromatic nitrogens is 4. The van der Waals surface area contributed by atoms with Crippen LogP contribution >= 0.6 is 0 Å². The van der Waals surface area contributed by atoms with Gasteiger partial charge in [0.15, 0.2) is 5.82 Å². The van der Waals surface area contributed by atoms with Gasteiger partial charge >= 0.3 is 0 Å². The number of nitrogens with zero attached hydrogens (tertiary/aromatic N) is 4. The van der Waals surface area contributed by atoms with Gasteiger partial charge in [-0.05, 0) is 65.7 Å². The zero-order valence-electron chi connectivity index (χ0n) is 11.7. The third-order valence-electron chi connectivity index (χ3n) is 3.18. The van der Waals surface area contributed by atoms with Gasteiger partial charge in [0, 0.05) is 11.3 Å². The van der Waals surface area contributed by atoms with E-state index in [1.54, 1.807) is 4.68 Å². The van der Waals surface area contributed by atoms with E-state index < -0.39 is 0 Å². The fraction of sp³-hybridized carbons (Fsp3) is 0.133. The summed E-state index contributed by atoms with van der Waals surface area (Å²) in [6.45, 7) is 3.99. The predicted molar refractivity (Wildman–Crippen MR) is 78.4 cm³/mol. The van der Waals surface area contributed by atoms with Crippen LogP contribution in [0.3, 0.4) is 0 Å². The van der Waals surface area contributed by atoms with Crippen molar-refractivity contribution < 1.29 is 4.39 Å². The summed E-state index contributed by atoms with van der Waals surface area (Å²) in [6.07, 6.45) is 0. The molecule has 6 heteroatoms. The molecule has 0 spiro atoms. The average Bonchev–Trinajstić information content (AvgIpc) is 2.89. The van der Waals surface area contributed by atoms with Crippen LogP contribution in [0.5, 0.6) is 0 Å². The molecule has 0 amide bonds. The molecule has 106 valence electrons. The molecule has 1 aromatic heterocycles. The second-order valence-corrected chi connectivity index (χ2v) is 4.99. The second kappa shape index (κ2) is 4.97. The molecule has 0 fully saturated rings. The molecule has 0 aliphatic rings. The molecule has 0 aliphatic carbocycles. The van der Waals surface area contributed by atoms with Crippen LogP contribution in [0.4, 0.5) is 10.1 Å². The number of nitrogens with two attached hydrogens (primary N) is 1. The van der Waals surface area contributed by atoms with Crippen molar-refractivity contribution in [3.8, 4) is 17.1 Å². The lowest BCUT2D eigenvalue weighted by atomic mass is 10.1. The normalized spacial score (nSPS) is 10.8. The Balaban J connectivity index is 2.19. The first-order chi connectivity index (χ1) is 10.0. The van der Waals surface area contributed by atoms with Crippen molar-refractivity contribution in [2.45, 2.75) is 13.8 Å². The van der Waals surface area contributed by atoms with Gasteiger partial charge < -0.3 is 5.73 Å². The number of rotatable bonds is 2. The number of anilines is 1. The SMILES string of the molecule is Cc1cc(C)cc(-n2nnnc2-c2cc(F)ccc2N)c1. The number of hydrogen-bond acceptors (Lipinski definition) is 4. The number of tetrazole rings is 1. The number of aryl methyl sites for hydroxylation is 2. The van der Waals surface area contributed by atoms with Gasteiger partial charge in [-0.1, -0.05) is 6.07 Å². The van der Waals surface area contributed by atoms with Gasteiger partial charge in [0.05, 0.1) is 5.69 Å². The molecule has 0 bridgehead atoms. The van der Waals surface area contributed by atoms with Crippen LogP contribution in [0.15, 0.2) is 36.4 Å². The summed E-state index contributed by atoms with van der Waals surface area (Å²) in [5.74, 6) is 0.0335. The highest BCUT2D eigenvalue weighted by atomic mass is 19.1. The van der Waals surface area contributed by atoms with E-state index in [1.165, 1.54) is 18.2 Å². The summed E-state index contributed by atoms with van der Waals surface area (Å²) in [6, 6.07) is 10.1. The molecular formula is C15H14FN5. The fourth-order valence-corrected chi connectivity index (χ4v) is 2.32. The minimum Gasteiger partial charge on any atom is -0.398 e. The topological polar surface area (TPSA) is 69.6 Å². The van der Waals surface area contributed by atoms with Crippen molar-refractivity contribution in [2.24, 2.45) is 0 Å². The van der Waals surface area contributed by atoms with Gasteiger partial charge in [-0.25, -0.2) is 4.39 Å². The van der Waals surface area contributed by atoms with E-state index in [2.05, 4.69) is 21.6 Å². The molecule has 5 nitrogen and oxygen atoms in total. The Morgan fingerprint density at radius 2 is 1.76 bits per heavy atom. The van der Waals surface area contributed by atoms with Gasteiger partial charge in [0.2, 0.25) is 0 Å². The average molecular weight is 283 g/mol. The van der Waals surface area contributed by atoms with E-state index in [-0.39, 0.29) is 5.82 Å². The van der Waals surface area contributed by atoms with Crippen LogP contribution in [0, 0.1) is 19.7 Å². The van der Waals surface area contributed by atoms with Crippen molar-refractivity contribution >= 4 is 5.69 Å². The monoisotopic (exact) mass is 283 g/mol. The lowest BCUT2D eigenvalue weighted by Crippen LogP contribution is -2.03. The third-order valence-corrected chi connectivity index (χ3v) is 3.18. The van der Waals surface area contributed by atoms with Crippen LogP contribution < -0.4 is 5.73 Å². The summed E-state index contributed by atoms with van der Waals surface area (Å²) < 4.78 is 15.0. The molecule has 2 N–H and O–H groups in total. The molecule has 0 aliphatic heterocycles. The Morgan fingerprint density at radius 1 is 1.05 bits per heavy atom. The zero-order chi connectivity index (χ0) is 15.0. The van der Waals surface area contributed by atoms with Gasteiger partial charge in [0.1, 0.15) is 5.82 Å². The maximum atomic E-state index is 13.5. The van der Waals surface area contributed by atoms with Crippen molar-refractivity contribution in [2.75, 3.05) is 5.73 Å². The predicted octanol–water partition coefficient (Wildman–Crippen LogP) is 2.67. The Labute approximate surface area is 121 Å². The Morgan fingerprint density at radius 3 is 2.48 bits per heavy atom. The van der Waals surface area contributed by atoms with Crippen LogP contribution in [-0.2, 0) is 0 Å². The standard InChI is InChI=1S/C15H14FN5/c1-9-5-10(2)7-12(6-9)21-15(18-19-20-21)13-8-11(16)3-4-14(13)17/h3-8H,17H2,1-2H3. The van der Waals surface area contributed by atoms with E-state index in [1.807, 2.05) is 26.0 Å². The Kier molecular flexibility index (Phi) is 3.13. The van der Waals surface area contributed by atoms with Crippen LogP contribution in [0.1, 0.15) is 11.1 Å². The van der Waals surface area contributed by atoms with E-state index in [0.29, 0.717) is 17.1 Å². The summed E-state index contributed by atoms with van der Waals surface area (Å²) in [5.41, 5.74) is 9.82. The molecule has 0 saturated heterocycles. The molecule has 21 heavy (non-hydrogen) atoms. The van der Waals surface area contributed by atoms with Crippen molar-refractivity contribution in [3.63, 3.8) is 0 Å². The number of nitrogen functional groups attached to an aromatic ring is 1. The van der Waals surface area contributed by atoms with E-state index in [9.17, 15) is 4.39 Å².